The summed E-state index contributed by atoms with van der Waals surface area (Å²) >= 11 is 2.17. The quantitative estimate of drug-likeness (QED) is 0.00209. The van der Waals surface area contributed by atoms with Gasteiger partial charge < -0.3 is 31.2 Å². The van der Waals surface area contributed by atoms with E-state index in [1.54, 1.807) is 0 Å². The van der Waals surface area contributed by atoms with Crippen LogP contribution in [0.4, 0.5) is 56.9 Å². The topological polar surface area (TPSA) is 664 Å². The molecule has 0 aliphatic heterocycles. The molecular formula is C54H44N10O33S11. The molecule has 0 saturated heterocycles. The second kappa shape index (κ2) is 35.9. The van der Waals surface area contributed by atoms with Gasteiger partial charge in [0.15, 0.2) is 43.4 Å². The standard InChI is InChI=1S/C54H44N10O33S11/c1-88-39-14-12-35(27-38(39)60-64-52-44(106(79,80)81)26-30-24-41(101-95-93-68)50(48(56)46(30)54(52)66)62-58-32-5-9-34(10-6-32)99-20-17-91-97-108(85,86)87)103(71,72)22-18-89-15-2-21-102(69,70)36-11-13-37(42(28-36)104(73,74)75)59-63-51-43(105(76,77)78)25-29-23-40(100-94-92-67)49(47(55)45(29)53(51)65)61-57-31-3-7-33(8-4-31)98-19-16-90-96-107(82,83)84/h3-14,23-28,65-68H,2,15,18,21-22,55-56H2,1H3,(H,73,74,75)(H,76,77,78)(H,79,80,81)(H,82,83,84)(H,85,86,87). The molecule has 0 amide bonds. The Morgan fingerprint density at radius 3 is 1.30 bits per heavy atom. The number of thioether (sulfide) groups is 2. The van der Waals surface area contributed by atoms with Gasteiger partial charge in [-0.1, -0.05) is 10.1 Å². The fourth-order valence-corrected chi connectivity index (χ4v) is 15.4. The van der Waals surface area contributed by atoms with E-state index >= 15 is 0 Å². The molecule has 0 aromatic heterocycles. The molecule has 54 heteroatoms. The van der Waals surface area contributed by atoms with E-state index < -0.39 is 171 Å². The van der Waals surface area contributed by atoms with Gasteiger partial charge in [-0.3, -0.25) is 32.5 Å². The number of azo groups is 4. The molecule has 8 aromatic carbocycles. The number of fused-ring (bicyclic) bond motifs is 2. The molecule has 574 valence electrons. The number of sulfone groups is 2. The monoisotopic (exact) mass is 1710 g/mol. The van der Waals surface area contributed by atoms with Crippen molar-refractivity contribution in [3.63, 3.8) is 0 Å². The molecule has 0 radical (unpaired) electrons. The molecule has 0 fully saturated rings. The van der Waals surface area contributed by atoms with Crippen molar-refractivity contribution in [3.8, 4) is 40.0 Å². The van der Waals surface area contributed by atoms with Crippen LogP contribution in [0.2, 0.25) is 0 Å². The van der Waals surface area contributed by atoms with E-state index in [4.69, 9.17) is 40.6 Å². The Balaban J connectivity index is 0.967. The smallest absolute Gasteiger partial charge is 0.433 e. The third kappa shape index (κ3) is 22.7. The number of benzene rings is 8. The summed E-state index contributed by atoms with van der Waals surface area (Å²) in [7, 11) is -33.8. The van der Waals surface area contributed by atoms with Crippen molar-refractivity contribution in [1.29, 1.82) is 0 Å². The number of hydrogen-bond acceptors (Lipinski definition) is 42. The summed E-state index contributed by atoms with van der Waals surface area (Å²) in [6.45, 7) is -1.03. The Bertz CT molecular complexity index is 5930. The molecule has 0 atom stereocenters. The fourth-order valence-electron chi connectivity index (χ4n) is 8.72. The first-order chi connectivity index (χ1) is 50.7. The molecule has 43 nitrogen and oxygen atoms in total. The highest BCUT2D eigenvalue weighted by molar-refractivity contribution is 8.04. The first kappa shape index (κ1) is 84.5. The van der Waals surface area contributed by atoms with E-state index in [2.05, 4.69) is 88.6 Å². The van der Waals surface area contributed by atoms with E-state index in [-0.39, 0.29) is 85.0 Å². The third-order valence-corrected chi connectivity index (χ3v) is 22.4. The molecule has 13 N–H and O–H groups in total. The maximum absolute atomic E-state index is 13.7. The average Bonchev–Trinajstić information content (AvgIpc) is 0.750. The maximum atomic E-state index is 13.7. The SMILES string of the molecule is COc1ccc(S(=O)(=O)CCOCCCS(=O)(=O)c2ccc(N=Nc3c(S(=O)(=O)O)cc4cc(SOOO)c(N=Nc5ccc(SC#COOS(=O)(=O)O)cc5)c(N)c4c3O)c(S(=O)(=O)O)c2)cc1N=Nc1c(S(=O)(=O)O)cc2cc(SOOO)c(N=Nc3ccc(SC#COOS(=O)(=O)O)cc3)c(N)c2c1O. The summed E-state index contributed by atoms with van der Waals surface area (Å²) < 4.78 is 249. The molecule has 108 heavy (non-hydrogen) atoms. The zero-order valence-electron chi connectivity index (χ0n) is 53.0. The van der Waals surface area contributed by atoms with E-state index in [1.807, 2.05) is 12.2 Å². The van der Waals surface area contributed by atoms with Gasteiger partial charge in [-0.25, -0.2) is 27.4 Å². The van der Waals surface area contributed by atoms with Gasteiger partial charge in [0.05, 0.1) is 102 Å². The molecule has 0 unspecified atom stereocenters. The van der Waals surface area contributed by atoms with Crippen LogP contribution in [0, 0.1) is 22.7 Å². The number of phenols is 2. The van der Waals surface area contributed by atoms with Gasteiger partial charge in [-0.15, -0.1) is 39.4 Å². The minimum atomic E-state index is -5.46. The number of rotatable bonds is 33. The predicted molar refractivity (Wildman–Crippen MR) is 374 cm³/mol. The average molecular weight is 1710 g/mol. The van der Waals surface area contributed by atoms with Crippen LogP contribution in [0.15, 0.2) is 194 Å². The minimum Gasteiger partial charge on any atom is -0.505 e. The third-order valence-electron chi connectivity index (χ3n) is 13.2. The number of nitrogens with zero attached hydrogens (tertiary/aromatic N) is 8. The molecule has 8 aromatic rings. The zero-order valence-corrected chi connectivity index (χ0v) is 62.0. The van der Waals surface area contributed by atoms with Crippen molar-refractivity contribution < 1.29 is 149 Å². The number of methoxy groups -OCH3 is 1. The number of aromatic hydroxyl groups is 2. The van der Waals surface area contributed by atoms with Gasteiger partial charge in [0.2, 0.25) is 0 Å². The van der Waals surface area contributed by atoms with Gasteiger partial charge in [0.25, 0.3) is 30.4 Å². The lowest BCUT2D eigenvalue weighted by molar-refractivity contribution is -0.432. The lowest BCUT2D eigenvalue weighted by Gasteiger charge is -2.14. The lowest BCUT2D eigenvalue weighted by Crippen LogP contribution is -2.15. The van der Waals surface area contributed by atoms with Crippen molar-refractivity contribution in [2.45, 2.75) is 50.5 Å². The Kier molecular flexibility index (Phi) is 28.1. The van der Waals surface area contributed by atoms with Crippen molar-refractivity contribution >= 4 is 197 Å². The molecule has 0 bridgehead atoms. The Morgan fingerprint density at radius 2 is 0.870 bits per heavy atom. The highest BCUT2D eigenvalue weighted by atomic mass is 32.3. The fraction of sp³-hybridized carbons (Fsp3) is 0.111. The molecule has 0 spiro atoms. The van der Waals surface area contributed by atoms with Crippen LogP contribution < -0.4 is 16.2 Å². The van der Waals surface area contributed by atoms with Crippen molar-refractivity contribution in [3.05, 3.63) is 109 Å². The molecule has 0 aliphatic carbocycles. The summed E-state index contributed by atoms with van der Waals surface area (Å²) in [6.07, 6.45) is 3.35. The van der Waals surface area contributed by atoms with Gasteiger partial charge >= 0.3 is 20.8 Å². The maximum Gasteiger partial charge on any atom is 0.433 e. The molecular weight excluding hydrogens is 1670 g/mol. The Hall–Kier alpha value is -9.11. The second-order valence-electron chi connectivity index (χ2n) is 20.1. The van der Waals surface area contributed by atoms with E-state index in [0.29, 0.717) is 21.9 Å². The van der Waals surface area contributed by atoms with Crippen LogP contribution in [0.5, 0.6) is 17.2 Å². The minimum absolute atomic E-state index is 0.124. The van der Waals surface area contributed by atoms with Gasteiger partial charge in [0, 0.05) is 26.9 Å². The van der Waals surface area contributed by atoms with E-state index in [9.17, 15) is 82.8 Å². The first-order valence-electron chi connectivity index (χ1n) is 27.9. The van der Waals surface area contributed by atoms with Gasteiger partial charge in [-0.2, -0.15) is 52.3 Å². The highest BCUT2D eigenvalue weighted by Gasteiger charge is 2.30. The number of nitrogens with two attached hydrogens (primary N) is 2. The number of ether oxygens (including phenoxy) is 2. The van der Waals surface area contributed by atoms with Crippen LogP contribution in [0.1, 0.15) is 6.42 Å². The van der Waals surface area contributed by atoms with Crippen molar-refractivity contribution in [1.82, 2.24) is 0 Å². The van der Waals surface area contributed by atoms with Crippen LogP contribution in [-0.4, -0.2) is 134 Å². The largest absolute Gasteiger partial charge is 0.505 e. The summed E-state index contributed by atoms with van der Waals surface area (Å²) in [6, 6.07) is 20.4. The summed E-state index contributed by atoms with van der Waals surface area (Å²) in [5.74, 6) is -3.95. The first-order valence-corrected chi connectivity index (χ1v) is 41.4. The Morgan fingerprint density at radius 1 is 0.454 bits per heavy atom. The lowest BCUT2D eigenvalue weighted by atomic mass is 10.1. The summed E-state index contributed by atoms with van der Waals surface area (Å²) in [5.41, 5.74) is 8.29. The van der Waals surface area contributed by atoms with Gasteiger partial charge in [-0.05, 0) is 159 Å². The number of anilines is 2. The number of phenolic OH excluding ortho intramolecular Hbond substituents is 2. The zero-order chi connectivity index (χ0) is 79.2. The molecule has 0 heterocycles. The van der Waals surface area contributed by atoms with Crippen LogP contribution in [0.3, 0.4) is 0 Å². The van der Waals surface area contributed by atoms with E-state index in [1.165, 1.54) is 48.5 Å². The Labute approximate surface area is 625 Å². The van der Waals surface area contributed by atoms with Crippen molar-refractivity contribution in [2.24, 2.45) is 40.9 Å². The van der Waals surface area contributed by atoms with E-state index in [0.717, 1.165) is 79.2 Å². The van der Waals surface area contributed by atoms with Crippen molar-refractivity contribution in [2.75, 3.05) is 43.3 Å². The second-order valence-corrected chi connectivity index (χ2v) is 33.7. The van der Waals surface area contributed by atoms with Crippen LogP contribution in [0.25, 0.3) is 21.5 Å². The highest BCUT2D eigenvalue weighted by Crippen LogP contribution is 2.52. The molecule has 0 saturated carbocycles. The van der Waals surface area contributed by atoms with Crippen LogP contribution in [-0.2, 0) is 113 Å². The molecule has 8 rings (SSSR count). The predicted octanol–water partition coefficient (Wildman–Crippen LogP) is 11.0. The number of nitrogen functional groups attached to an aromatic ring is 2. The van der Waals surface area contributed by atoms with Crippen LogP contribution >= 0.6 is 47.6 Å². The summed E-state index contributed by atoms with van der Waals surface area (Å²) in [5, 5.41) is 83.3. The van der Waals surface area contributed by atoms with Gasteiger partial charge in [0.1, 0.15) is 54.6 Å². The normalized spacial score (nSPS) is 12.7. The number of hydrogen-bond donors (Lipinski definition) is 11. The summed E-state index contributed by atoms with van der Waals surface area (Å²) in [4.78, 5) is 3.96. The molecule has 0 aliphatic rings.